The molecule has 2 aromatic carbocycles. The second-order valence-electron chi connectivity index (χ2n) is 8.26. The Morgan fingerprint density at radius 3 is 2.79 bits per heavy atom. The number of hydrogen-bond acceptors (Lipinski definition) is 4. The minimum absolute atomic E-state index is 0.0671. The zero-order chi connectivity index (χ0) is 20.0. The normalized spacial score (nSPS) is 26.0. The summed E-state index contributed by atoms with van der Waals surface area (Å²) in [6, 6.07) is 14.3. The van der Waals surface area contributed by atoms with Gasteiger partial charge in [-0.1, -0.05) is 30.3 Å². The molecule has 2 fully saturated rings. The maximum absolute atomic E-state index is 14.3. The quantitative estimate of drug-likeness (QED) is 0.863. The lowest BCUT2D eigenvalue weighted by Crippen LogP contribution is -2.36. The van der Waals surface area contributed by atoms with E-state index in [0.29, 0.717) is 25.3 Å². The van der Waals surface area contributed by atoms with E-state index in [2.05, 4.69) is 17.0 Å². The van der Waals surface area contributed by atoms with Crippen molar-refractivity contribution in [1.29, 1.82) is 5.26 Å². The van der Waals surface area contributed by atoms with E-state index in [0.717, 1.165) is 35.2 Å². The molecule has 0 spiro atoms. The summed E-state index contributed by atoms with van der Waals surface area (Å²) in [5.41, 5.74) is 11.7. The van der Waals surface area contributed by atoms with Crippen molar-refractivity contribution in [3.05, 3.63) is 65.0 Å². The fraction of sp³-hybridized carbons (Fsp3) is 0.375. The zero-order valence-corrected chi connectivity index (χ0v) is 16.3. The molecule has 0 radical (unpaired) electrons. The van der Waals surface area contributed by atoms with Crippen LogP contribution in [0.25, 0.3) is 16.7 Å². The van der Waals surface area contributed by atoms with Gasteiger partial charge in [-0.3, -0.25) is 4.90 Å². The third-order valence-corrected chi connectivity index (χ3v) is 6.66. The topological polar surface area (TPSA) is 62.3 Å². The van der Waals surface area contributed by atoms with Gasteiger partial charge in [-0.2, -0.15) is 5.26 Å². The first kappa shape index (κ1) is 18.5. The van der Waals surface area contributed by atoms with Crippen LogP contribution >= 0.6 is 0 Å². The van der Waals surface area contributed by atoms with Gasteiger partial charge in [0.05, 0.1) is 18.8 Å². The predicted octanol–water partition coefficient (Wildman–Crippen LogP) is 3.84. The maximum atomic E-state index is 14.3. The van der Waals surface area contributed by atoms with Crippen LogP contribution in [0.3, 0.4) is 0 Å². The van der Waals surface area contributed by atoms with Crippen molar-refractivity contribution >= 4 is 5.57 Å². The lowest BCUT2D eigenvalue weighted by molar-refractivity contribution is 0.215. The smallest absolute Gasteiger partial charge is 0.141 e. The molecule has 0 aromatic heterocycles. The Morgan fingerprint density at radius 2 is 2.14 bits per heavy atom. The van der Waals surface area contributed by atoms with E-state index < -0.39 is 5.82 Å². The van der Waals surface area contributed by atoms with Crippen molar-refractivity contribution in [2.75, 3.05) is 13.2 Å². The van der Waals surface area contributed by atoms with Crippen LogP contribution < -0.4 is 5.73 Å². The molecule has 2 aromatic rings. The summed E-state index contributed by atoms with van der Waals surface area (Å²) in [4.78, 5) is 2.56. The molecule has 0 saturated carbocycles. The van der Waals surface area contributed by atoms with Crippen LogP contribution in [0.4, 0.5) is 4.39 Å². The van der Waals surface area contributed by atoms with Gasteiger partial charge < -0.3 is 10.5 Å². The number of fused-ring (bicyclic) bond motifs is 2. The molecule has 3 heterocycles. The lowest BCUT2D eigenvalue weighted by Gasteiger charge is -2.25. The van der Waals surface area contributed by atoms with Crippen LogP contribution in [0.5, 0.6) is 0 Å². The average molecular weight is 389 g/mol. The van der Waals surface area contributed by atoms with Crippen LogP contribution in [-0.4, -0.2) is 36.2 Å². The Balaban J connectivity index is 1.58. The molecule has 4 nitrogen and oxygen atoms in total. The first-order valence-corrected chi connectivity index (χ1v) is 10.3. The van der Waals surface area contributed by atoms with Crippen LogP contribution in [0.2, 0.25) is 0 Å². The van der Waals surface area contributed by atoms with Crippen molar-refractivity contribution in [3.8, 4) is 17.2 Å². The van der Waals surface area contributed by atoms with Crippen molar-refractivity contribution in [1.82, 2.24) is 4.90 Å². The fourth-order valence-corrected chi connectivity index (χ4v) is 5.28. The molecule has 148 valence electrons. The monoisotopic (exact) mass is 389 g/mol. The van der Waals surface area contributed by atoms with Gasteiger partial charge in [0.2, 0.25) is 0 Å². The van der Waals surface area contributed by atoms with Crippen molar-refractivity contribution < 1.29 is 9.13 Å². The number of nitriles is 1. The zero-order valence-electron chi connectivity index (χ0n) is 16.3. The average Bonchev–Trinajstić information content (AvgIpc) is 3.45. The molecule has 0 amide bonds. The highest BCUT2D eigenvalue weighted by Gasteiger charge is 2.44. The molecule has 2 saturated heterocycles. The van der Waals surface area contributed by atoms with Gasteiger partial charge in [0, 0.05) is 24.7 Å². The fourth-order valence-electron chi connectivity index (χ4n) is 5.28. The van der Waals surface area contributed by atoms with Crippen molar-refractivity contribution in [3.63, 3.8) is 0 Å². The van der Waals surface area contributed by atoms with E-state index in [1.807, 2.05) is 24.3 Å². The summed E-state index contributed by atoms with van der Waals surface area (Å²) in [7, 11) is 0. The van der Waals surface area contributed by atoms with E-state index >= 15 is 0 Å². The SMILES string of the molecule is N#Cc1ccc(-c2cccc(CN3[C@@H]4CC[C@H]3[C@@H](N)C4)c2C2=CCOC2)cc1F. The lowest BCUT2D eigenvalue weighted by atomic mass is 9.90. The van der Waals surface area contributed by atoms with Crippen molar-refractivity contribution in [2.24, 2.45) is 5.73 Å². The molecule has 3 atom stereocenters. The van der Waals surface area contributed by atoms with Crippen LogP contribution in [0, 0.1) is 17.1 Å². The Bertz CT molecular complexity index is 1030. The van der Waals surface area contributed by atoms with Crippen LogP contribution in [0.1, 0.15) is 36.0 Å². The molecule has 5 heteroatoms. The second kappa shape index (κ2) is 7.38. The highest BCUT2D eigenvalue weighted by atomic mass is 19.1. The largest absolute Gasteiger partial charge is 0.373 e. The van der Waals surface area contributed by atoms with Gasteiger partial charge in [0.15, 0.2) is 0 Å². The Hall–Kier alpha value is -2.52. The Kier molecular flexibility index (Phi) is 4.71. The highest BCUT2D eigenvalue weighted by Crippen LogP contribution is 2.40. The molecule has 3 aliphatic heterocycles. The summed E-state index contributed by atoms with van der Waals surface area (Å²) in [6.45, 7) is 2.02. The third-order valence-electron chi connectivity index (χ3n) is 6.66. The molecule has 3 aliphatic rings. The second-order valence-corrected chi connectivity index (χ2v) is 8.26. The van der Waals surface area contributed by atoms with E-state index in [1.54, 1.807) is 6.07 Å². The van der Waals surface area contributed by atoms with E-state index in [1.165, 1.54) is 24.5 Å². The summed E-state index contributed by atoms with van der Waals surface area (Å²) in [5, 5.41) is 9.06. The minimum atomic E-state index is -0.485. The molecule has 2 N–H and O–H groups in total. The molecule has 29 heavy (non-hydrogen) atoms. The van der Waals surface area contributed by atoms with Gasteiger partial charge >= 0.3 is 0 Å². The van der Waals surface area contributed by atoms with Crippen LogP contribution in [0.15, 0.2) is 42.5 Å². The van der Waals surface area contributed by atoms with Gasteiger partial charge in [-0.15, -0.1) is 0 Å². The number of ether oxygens (including phenoxy) is 1. The van der Waals surface area contributed by atoms with E-state index in [4.69, 9.17) is 15.7 Å². The summed E-state index contributed by atoms with van der Waals surface area (Å²) >= 11 is 0. The summed E-state index contributed by atoms with van der Waals surface area (Å²) in [5.74, 6) is -0.485. The maximum Gasteiger partial charge on any atom is 0.141 e. The standard InChI is InChI=1S/C24H24FN3O/c25-21-10-15(4-5-16(21)12-26)20-3-1-2-17(24(20)18-8-9-29-14-18)13-28-19-6-7-23(28)22(27)11-19/h1-5,8,10,19,22-23H,6-7,9,11,13-14,27H2/t19-,22+,23+/m1/s1. The first-order chi connectivity index (χ1) is 14.2. The van der Waals surface area contributed by atoms with E-state index in [9.17, 15) is 4.39 Å². The number of rotatable bonds is 4. The van der Waals surface area contributed by atoms with Gasteiger partial charge in [-0.05, 0) is 59.2 Å². The predicted molar refractivity (Wildman–Crippen MR) is 110 cm³/mol. The van der Waals surface area contributed by atoms with Gasteiger partial charge in [0.1, 0.15) is 11.9 Å². The Labute approximate surface area is 170 Å². The van der Waals surface area contributed by atoms with Crippen molar-refractivity contribution in [2.45, 2.75) is 43.9 Å². The van der Waals surface area contributed by atoms with Crippen LogP contribution in [-0.2, 0) is 11.3 Å². The molecule has 2 bridgehead atoms. The molecular formula is C24H24FN3O. The highest BCUT2D eigenvalue weighted by molar-refractivity contribution is 5.84. The summed E-state index contributed by atoms with van der Waals surface area (Å²) in [6.07, 6.45) is 5.59. The molecule has 0 unspecified atom stereocenters. The molecule has 0 aliphatic carbocycles. The van der Waals surface area contributed by atoms with Gasteiger partial charge in [-0.25, -0.2) is 4.39 Å². The first-order valence-electron chi connectivity index (χ1n) is 10.3. The number of benzene rings is 2. The molecular weight excluding hydrogens is 365 g/mol. The van der Waals surface area contributed by atoms with E-state index in [-0.39, 0.29) is 11.6 Å². The summed E-state index contributed by atoms with van der Waals surface area (Å²) < 4.78 is 20.0. The Morgan fingerprint density at radius 1 is 1.24 bits per heavy atom. The van der Waals surface area contributed by atoms with Gasteiger partial charge in [0.25, 0.3) is 0 Å². The minimum Gasteiger partial charge on any atom is -0.373 e. The number of halogens is 1. The number of hydrogen-bond donors (Lipinski definition) is 1. The molecule has 5 rings (SSSR count). The third kappa shape index (κ3) is 3.18. The number of nitrogens with two attached hydrogens (primary N) is 1. The number of nitrogens with zero attached hydrogens (tertiary/aromatic N) is 2.